The Labute approximate surface area is 183 Å². The van der Waals surface area contributed by atoms with Gasteiger partial charge in [0, 0.05) is 22.9 Å². The number of imidazole rings is 1. The Hall–Kier alpha value is -2.80. The molecular formula is C23H20ClN3O2S. The van der Waals surface area contributed by atoms with E-state index in [1.54, 1.807) is 42.1 Å². The van der Waals surface area contributed by atoms with Crippen molar-refractivity contribution >= 4 is 40.3 Å². The average molecular weight is 438 g/mol. The summed E-state index contributed by atoms with van der Waals surface area (Å²) in [5, 5.41) is 14.6. The number of hydrogen-bond acceptors (Lipinski definition) is 4. The molecule has 0 aliphatic heterocycles. The molecule has 7 heteroatoms. The monoisotopic (exact) mass is 437 g/mol. The fourth-order valence-corrected chi connectivity index (χ4v) is 4.11. The molecule has 3 N–H and O–H groups in total. The molecule has 5 nitrogen and oxygen atoms in total. The van der Waals surface area contributed by atoms with Crippen LogP contribution in [0.1, 0.15) is 27.6 Å². The molecule has 152 valence electrons. The van der Waals surface area contributed by atoms with Crippen LogP contribution in [0, 0.1) is 0 Å². The quantitative estimate of drug-likeness (QED) is 0.356. The molecule has 1 heterocycles. The van der Waals surface area contributed by atoms with Crippen LogP contribution in [-0.4, -0.2) is 27.5 Å². The van der Waals surface area contributed by atoms with Crippen LogP contribution in [0.5, 0.6) is 0 Å². The molecule has 1 unspecified atom stereocenters. The number of aliphatic hydroxyl groups excluding tert-OH is 1. The first-order valence-corrected chi connectivity index (χ1v) is 10.8. The largest absolute Gasteiger partial charge is 0.387 e. The molecule has 0 radical (unpaired) electrons. The number of nitrogens with zero attached hydrogens (tertiary/aromatic N) is 1. The Bertz CT molecular complexity index is 1130. The van der Waals surface area contributed by atoms with E-state index in [0.29, 0.717) is 21.9 Å². The second-order valence-corrected chi connectivity index (χ2v) is 8.18. The minimum atomic E-state index is -0.802. The molecule has 3 aromatic carbocycles. The molecule has 0 fully saturated rings. The van der Waals surface area contributed by atoms with Crippen molar-refractivity contribution in [1.29, 1.82) is 0 Å². The van der Waals surface area contributed by atoms with Crippen molar-refractivity contribution in [3.8, 4) is 0 Å². The highest BCUT2D eigenvalue weighted by atomic mass is 35.5. The number of carbonyl (C=O) groups excluding carboxylic acids is 1. The van der Waals surface area contributed by atoms with E-state index < -0.39 is 6.10 Å². The number of benzene rings is 3. The zero-order valence-corrected chi connectivity index (χ0v) is 17.6. The molecule has 0 aliphatic carbocycles. The van der Waals surface area contributed by atoms with E-state index in [1.807, 2.05) is 42.5 Å². The summed E-state index contributed by atoms with van der Waals surface area (Å²) in [5.41, 5.74) is 4.10. The molecule has 0 saturated carbocycles. The number of amides is 1. The van der Waals surface area contributed by atoms with Crippen molar-refractivity contribution in [2.75, 3.05) is 6.54 Å². The topological polar surface area (TPSA) is 78.0 Å². The van der Waals surface area contributed by atoms with Crippen molar-refractivity contribution in [2.45, 2.75) is 17.0 Å². The molecule has 30 heavy (non-hydrogen) atoms. The van der Waals surface area contributed by atoms with Crippen molar-refractivity contribution in [3.05, 3.63) is 94.5 Å². The van der Waals surface area contributed by atoms with Crippen LogP contribution >= 0.6 is 23.4 Å². The molecular weight excluding hydrogens is 418 g/mol. The second kappa shape index (κ2) is 9.34. The normalized spacial score (nSPS) is 12.1. The third-order valence-electron chi connectivity index (χ3n) is 4.70. The number of thioether (sulfide) groups is 1. The SMILES string of the molecule is O=C(NCC(O)c1ccc(Cl)cc1)c1ccccc1CSc1nc2ccccc2[nH]1. The summed E-state index contributed by atoms with van der Waals surface area (Å²) in [4.78, 5) is 20.6. The molecule has 0 bridgehead atoms. The summed E-state index contributed by atoms with van der Waals surface area (Å²) in [6.45, 7) is 0.117. The van der Waals surface area contributed by atoms with Gasteiger partial charge in [0.05, 0.1) is 17.1 Å². The van der Waals surface area contributed by atoms with Crippen molar-refractivity contribution < 1.29 is 9.90 Å². The molecule has 0 spiro atoms. The van der Waals surface area contributed by atoms with E-state index in [4.69, 9.17) is 11.6 Å². The van der Waals surface area contributed by atoms with Crippen LogP contribution in [0.3, 0.4) is 0 Å². The van der Waals surface area contributed by atoms with E-state index in [1.165, 1.54) is 0 Å². The maximum Gasteiger partial charge on any atom is 0.251 e. The van der Waals surface area contributed by atoms with Gasteiger partial charge in [-0.1, -0.05) is 65.8 Å². The summed E-state index contributed by atoms with van der Waals surface area (Å²) in [6, 6.07) is 22.3. The summed E-state index contributed by atoms with van der Waals surface area (Å²) in [5.74, 6) is 0.382. The zero-order chi connectivity index (χ0) is 20.9. The standard InChI is InChI=1S/C23H20ClN3O2S/c24-17-11-9-15(10-12-17)21(28)13-25-22(29)18-6-2-1-5-16(18)14-30-23-26-19-7-3-4-8-20(19)27-23/h1-12,21,28H,13-14H2,(H,25,29)(H,26,27). The van der Waals surface area contributed by atoms with Gasteiger partial charge in [0.15, 0.2) is 5.16 Å². The number of carbonyl (C=O) groups is 1. The van der Waals surface area contributed by atoms with E-state index in [2.05, 4.69) is 15.3 Å². The number of nitrogens with one attached hydrogen (secondary N) is 2. The van der Waals surface area contributed by atoms with Crippen molar-refractivity contribution in [3.63, 3.8) is 0 Å². The van der Waals surface area contributed by atoms with E-state index >= 15 is 0 Å². The van der Waals surface area contributed by atoms with Gasteiger partial charge in [-0.15, -0.1) is 0 Å². The Balaban J connectivity index is 1.40. The molecule has 4 rings (SSSR count). The highest BCUT2D eigenvalue weighted by Crippen LogP contribution is 2.25. The lowest BCUT2D eigenvalue weighted by atomic mass is 10.1. The first-order chi connectivity index (χ1) is 14.6. The van der Waals surface area contributed by atoms with Gasteiger partial charge < -0.3 is 15.4 Å². The molecule has 4 aromatic rings. The number of aliphatic hydroxyl groups is 1. The van der Waals surface area contributed by atoms with Crippen LogP contribution in [-0.2, 0) is 5.75 Å². The second-order valence-electron chi connectivity index (χ2n) is 6.78. The van der Waals surface area contributed by atoms with Crippen molar-refractivity contribution in [2.24, 2.45) is 0 Å². The minimum absolute atomic E-state index is 0.117. The van der Waals surface area contributed by atoms with Crippen LogP contribution in [0.4, 0.5) is 0 Å². The Morgan fingerprint density at radius 3 is 2.60 bits per heavy atom. The predicted octanol–water partition coefficient (Wildman–Crippen LogP) is 4.97. The molecule has 0 saturated heterocycles. The zero-order valence-electron chi connectivity index (χ0n) is 16.0. The molecule has 0 aliphatic rings. The lowest BCUT2D eigenvalue weighted by Crippen LogP contribution is -2.29. The summed E-state index contributed by atoms with van der Waals surface area (Å²) >= 11 is 7.42. The third kappa shape index (κ3) is 4.84. The fourth-order valence-electron chi connectivity index (χ4n) is 3.10. The van der Waals surface area contributed by atoms with Gasteiger partial charge in [0.25, 0.3) is 5.91 Å². The van der Waals surface area contributed by atoms with Gasteiger partial charge in [0.2, 0.25) is 0 Å². The maximum atomic E-state index is 12.7. The van der Waals surface area contributed by atoms with Gasteiger partial charge in [-0.3, -0.25) is 4.79 Å². The lowest BCUT2D eigenvalue weighted by molar-refractivity contribution is 0.0915. The Morgan fingerprint density at radius 1 is 1.07 bits per heavy atom. The number of rotatable bonds is 7. The summed E-state index contributed by atoms with van der Waals surface area (Å²) in [7, 11) is 0. The molecule has 1 atom stereocenters. The summed E-state index contributed by atoms with van der Waals surface area (Å²) in [6.07, 6.45) is -0.802. The number of aromatic nitrogens is 2. The maximum absolute atomic E-state index is 12.7. The van der Waals surface area contributed by atoms with Crippen LogP contribution in [0.15, 0.2) is 78.0 Å². The minimum Gasteiger partial charge on any atom is -0.387 e. The first-order valence-electron chi connectivity index (χ1n) is 9.47. The number of para-hydroxylation sites is 2. The number of halogens is 1. The van der Waals surface area contributed by atoms with Gasteiger partial charge in [-0.2, -0.15) is 0 Å². The Morgan fingerprint density at radius 2 is 1.80 bits per heavy atom. The highest BCUT2D eigenvalue weighted by Gasteiger charge is 2.14. The lowest BCUT2D eigenvalue weighted by Gasteiger charge is -2.14. The number of fused-ring (bicyclic) bond motifs is 1. The first kappa shape index (κ1) is 20.5. The van der Waals surface area contributed by atoms with Gasteiger partial charge in [0.1, 0.15) is 0 Å². The van der Waals surface area contributed by atoms with E-state index in [0.717, 1.165) is 21.8 Å². The van der Waals surface area contributed by atoms with Crippen LogP contribution in [0.2, 0.25) is 5.02 Å². The third-order valence-corrected chi connectivity index (χ3v) is 5.88. The van der Waals surface area contributed by atoms with Gasteiger partial charge >= 0.3 is 0 Å². The summed E-state index contributed by atoms with van der Waals surface area (Å²) < 4.78 is 0. The Kier molecular flexibility index (Phi) is 6.38. The van der Waals surface area contributed by atoms with Crippen LogP contribution in [0.25, 0.3) is 11.0 Å². The number of aromatic amines is 1. The molecule has 1 amide bonds. The number of H-pyrrole nitrogens is 1. The fraction of sp³-hybridized carbons (Fsp3) is 0.130. The van der Waals surface area contributed by atoms with E-state index in [9.17, 15) is 9.90 Å². The van der Waals surface area contributed by atoms with Crippen molar-refractivity contribution in [1.82, 2.24) is 15.3 Å². The highest BCUT2D eigenvalue weighted by molar-refractivity contribution is 7.98. The number of hydrogen-bond donors (Lipinski definition) is 3. The van der Waals surface area contributed by atoms with Gasteiger partial charge in [-0.25, -0.2) is 4.98 Å². The van der Waals surface area contributed by atoms with Crippen LogP contribution < -0.4 is 5.32 Å². The smallest absolute Gasteiger partial charge is 0.251 e. The predicted molar refractivity (Wildman–Crippen MR) is 121 cm³/mol. The van der Waals surface area contributed by atoms with E-state index in [-0.39, 0.29) is 12.5 Å². The average Bonchev–Trinajstić information content (AvgIpc) is 3.19. The molecule has 1 aromatic heterocycles. The van der Waals surface area contributed by atoms with Gasteiger partial charge in [-0.05, 0) is 41.5 Å².